The Bertz CT molecular complexity index is 1110. The first kappa shape index (κ1) is 33.2. The van der Waals surface area contributed by atoms with Crippen LogP contribution in [-0.2, 0) is 28.6 Å². The zero-order chi connectivity index (χ0) is 29.6. The third-order valence-electron chi connectivity index (χ3n) is 8.80. The lowest BCUT2D eigenvalue weighted by Gasteiger charge is -2.54. The molecular weight excluding hydrogens is 516 g/mol. The second-order valence-corrected chi connectivity index (χ2v) is 14.1. The molecule has 0 unspecified atom stereocenters. The minimum atomic E-state index is -4.13. The molecule has 2 rings (SSSR count). The van der Waals surface area contributed by atoms with Crippen LogP contribution < -0.4 is 0 Å². The highest BCUT2D eigenvalue weighted by molar-refractivity contribution is 7.86. The van der Waals surface area contributed by atoms with Gasteiger partial charge in [-0.25, -0.2) is 4.79 Å². The smallest absolute Gasteiger partial charge is 0.333 e. The normalized spacial score (nSPS) is 29.2. The number of hydrogen-bond acceptors (Lipinski definition) is 7. The first-order valence-corrected chi connectivity index (χ1v) is 15.4. The number of rotatable bonds is 12. The average molecular weight is 565 g/mol. The van der Waals surface area contributed by atoms with E-state index in [9.17, 15) is 23.1 Å². The number of esters is 1. The number of unbranched alkanes of at least 4 members (excludes halogenated alkanes) is 1. The van der Waals surface area contributed by atoms with Gasteiger partial charge < -0.3 is 14.6 Å². The number of carbonyl (C=O) groups is 2. The molecule has 1 aromatic rings. The highest BCUT2D eigenvalue weighted by atomic mass is 32.2. The largest absolute Gasteiger partial charge is 0.460 e. The van der Waals surface area contributed by atoms with Crippen molar-refractivity contribution in [1.82, 2.24) is 0 Å². The summed E-state index contributed by atoms with van der Waals surface area (Å²) in [6.07, 6.45) is 5.09. The third-order valence-corrected chi connectivity index (χ3v) is 10.1. The van der Waals surface area contributed by atoms with Crippen LogP contribution in [-0.4, -0.2) is 44.1 Å². The Labute approximate surface area is 235 Å². The van der Waals surface area contributed by atoms with Crippen molar-refractivity contribution in [1.29, 1.82) is 0 Å². The van der Waals surface area contributed by atoms with Crippen LogP contribution in [0.4, 0.5) is 0 Å². The lowest BCUT2D eigenvalue weighted by molar-refractivity contribution is -0.172. The Morgan fingerprint density at radius 3 is 2.31 bits per heavy atom. The van der Waals surface area contributed by atoms with Crippen molar-refractivity contribution in [2.24, 2.45) is 22.2 Å². The Kier molecular flexibility index (Phi) is 11.1. The number of benzene rings is 1. The number of hydrogen-bond donors (Lipinski definition) is 1. The van der Waals surface area contributed by atoms with E-state index in [1.807, 2.05) is 27.7 Å². The maximum Gasteiger partial charge on any atom is 0.333 e. The summed E-state index contributed by atoms with van der Waals surface area (Å²) in [7, 11) is -4.13. The van der Waals surface area contributed by atoms with Gasteiger partial charge in [0.15, 0.2) is 6.61 Å². The van der Waals surface area contributed by atoms with Gasteiger partial charge in [-0.3, -0.25) is 4.18 Å². The molecule has 1 aliphatic rings. The van der Waals surface area contributed by atoms with Gasteiger partial charge >= 0.3 is 5.97 Å². The van der Waals surface area contributed by atoms with Gasteiger partial charge in [-0.2, -0.15) is 8.42 Å². The van der Waals surface area contributed by atoms with E-state index in [0.29, 0.717) is 25.7 Å². The van der Waals surface area contributed by atoms with Gasteiger partial charge in [-0.1, -0.05) is 71.2 Å². The van der Waals surface area contributed by atoms with E-state index < -0.39 is 45.7 Å². The Morgan fingerprint density at radius 1 is 1.15 bits per heavy atom. The molecule has 0 radical (unpaired) electrons. The van der Waals surface area contributed by atoms with Crippen LogP contribution in [0.15, 0.2) is 41.8 Å². The molecule has 0 aromatic heterocycles. The predicted octanol–water partition coefficient (Wildman–Crippen LogP) is 6.17. The Balaban J connectivity index is 2.37. The summed E-state index contributed by atoms with van der Waals surface area (Å²) < 4.78 is 36.2. The molecule has 0 amide bonds. The van der Waals surface area contributed by atoms with Crippen molar-refractivity contribution in [3.8, 4) is 0 Å². The fourth-order valence-corrected chi connectivity index (χ4v) is 6.95. The molecule has 1 fully saturated rings. The average Bonchev–Trinajstić information content (AvgIpc) is 2.87. The molecular formula is C31H48O7S. The molecule has 0 bridgehead atoms. The maximum absolute atomic E-state index is 13.0. The van der Waals surface area contributed by atoms with Gasteiger partial charge in [0.25, 0.3) is 10.1 Å². The fraction of sp³-hybridized carbons (Fsp3) is 0.677. The van der Waals surface area contributed by atoms with Gasteiger partial charge in [0.1, 0.15) is 11.9 Å². The van der Waals surface area contributed by atoms with Crippen LogP contribution in [0.3, 0.4) is 0 Å². The lowest BCUT2D eigenvalue weighted by Crippen LogP contribution is -2.53. The summed E-state index contributed by atoms with van der Waals surface area (Å²) in [6, 6.07) is 6.18. The van der Waals surface area contributed by atoms with E-state index in [-0.39, 0.29) is 22.0 Å². The van der Waals surface area contributed by atoms with Crippen LogP contribution in [0.5, 0.6) is 0 Å². The summed E-state index contributed by atoms with van der Waals surface area (Å²) in [5, 5.41) is 11.7. The molecule has 1 aliphatic carbocycles. The molecule has 7 nitrogen and oxygen atoms in total. The second kappa shape index (κ2) is 13.1. The lowest BCUT2D eigenvalue weighted by atomic mass is 9.53. The number of ketones is 1. The highest BCUT2D eigenvalue weighted by Crippen LogP contribution is 2.56. The minimum Gasteiger partial charge on any atom is -0.460 e. The van der Waals surface area contributed by atoms with Crippen molar-refractivity contribution in [3.05, 3.63) is 42.5 Å². The van der Waals surface area contributed by atoms with Crippen molar-refractivity contribution < 1.29 is 32.0 Å². The second-order valence-electron chi connectivity index (χ2n) is 12.5. The van der Waals surface area contributed by atoms with Gasteiger partial charge in [-0.15, -0.1) is 6.58 Å². The van der Waals surface area contributed by atoms with E-state index in [1.54, 1.807) is 25.1 Å². The summed E-state index contributed by atoms with van der Waals surface area (Å²) in [5.41, 5.74) is -0.759. The fourth-order valence-electron chi connectivity index (χ4n) is 6.09. The molecule has 1 saturated carbocycles. The number of Topliss-reactive ketones (excluding diaryl/α,β-unsaturated/α-hetero) is 1. The van der Waals surface area contributed by atoms with Crippen LogP contribution in [0.2, 0.25) is 0 Å². The van der Waals surface area contributed by atoms with Crippen molar-refractivity contribution >= 4 is 21.9 Å². The molecule has 5 atom stereocenters. The molecule has 1 aromatic carbocycles. The summed E-state index contributed by atoms with van der Waals surface area (Å²) in [4.78, 5) is 25.0. The van der Waals surface area contributed by atoms with Crippen molar-refractivity contribution in [2.75, 3.05) is 6.61 Å². The number of aryl methyl sites for hydroxylation is 1. The molecule has 8 heteroatoms. The molecule has 1 N–H and O–H groups in total. The summed E-state index contributed by atoms with van der Waals surface area (Å²) >= 11 is 0. The molecule has 0 heterocycles. The van der Waals surface area contributed by atoms with Crippen molar-refractivity contribution in [2.45, 2.75) is 111 Å². The SMILES string of the molecule is C=C[C@]1(C)C[C@@H](OC(=O)COS(=O)(=O)c2ccc(C)cc2)C(C)(C)C[C@@](CCCC)(CCC(C)=O)[C@@H](C)[C@@H]1O. The predicted molar refractivity (Wildman–Crippen MR) is 153 cm³/mol. The topological polar surface area (TPSA) is 107 Å². The summed E-state index contributed by atoms with van der Waals surface area (Å²) in [6.45, 7) is 16.9. The molecule has 0 saturated heterocycles. The van der Waals surface area contributed by atoms with Crippen LogP contribution in [0.25, 0.3) is 0 Å². The van der Waals surface area contributed by atoms with E-state index in [2.05, 4.69) is 20.4 Å². The molecule has 39 heavy (non-hydrogen) atoms. The van der Waals surface area contributed by atoms with Gasteiger partial charge in [0, 0.05) is 17.3 Å². The zero-order valence-corrected chi connectivity index (χ0v) is 25.6. The summed E-state index contributed by atoms with van der Waals surface area (Å²) in [5.74, 6) is -0.805. The molecule has 0 spiro atoms. The van der Waals surface area contributed by atoms with E-state index in [0.717, 1.165) is 24.8 Å². The molecule has 0 aliphatic heterocycles. The van der Waals surface area contributed by atoms with Gasteiger partial charge in [-0.05, 0) is 63.0 Å². The standard InChI is InChI=1S/C31H48O7S/c1-9-11-17-31(18-16-23(4)32)21-29(6,7)26(19-30(8,10-2)28(34)24(31)5)38-27(33)20-37-39(35,36)25-14-12-22(3)13-15-25/h10,12-15,24,26,28,34H,2,9,11,16-21H2,1,3-8H3/t24-,26+,28-,30+,31+/m0/s1. The van der Waals surface area contributed by atoms with Gasteiger partial charge in [0.05, 0.1) is 11.0 Å². The maximum atomic E-state index is 13.0. The van der Waals surface area contributed by atoms with E-state index >= 15 is 0 Å². The van der Waals surface area contributed by atoms with E-state index in [4.69, 9.17) is 8.92 Å². The zero-order valence-electron chi connectivity index (χ0n) is 24.8. The highest BCUT2D eigenvalue weighted by Gasteiger charge is 2.53. The van der Waals surface area contributed by atoms with Crippen molar-refractivity contribution in [3.63, 3.8) is 0 Å². The van der Waals surface area contributed by atoms with E-state index in [1.165, 1.54) is 12.1 Å². The van der Waals surface area contributed by atoms with Crippen LogP contribution >= 0.6 is 0 Å². The Morgan fingerprint density at radius 2 is 1.77 bits per heavy atom. The third kappa shape index (κ3) is 8.24. The quantitative estimate of drug-likeness (QED) is 0.184. The first-order valence-electron chi connectivity index (χ1n) is 14.0. The number of aliphatic hydroxyl groups is 1. The first-order chi connectivity index (χ1) is 18.0. The van der Waals surface area contributed by atoms with Gasteiger partial charge in [0.2, 0.25) is 0 Å². The van der Waals surface area contributed by atoms with Crippen LogP contribution in [0.1, 0.15) is 92.1 Å². The Hall–Kier alpha value is -2.03. The monoisotopic (exact) mass is 564 g/mol. The number of carbonyl (C=O) groups excluding carboxylic acids is 2. The minimum absolute atomic E-state index is 0.0327. The van der Waals surface area contributed by atoms with Crippen LogP contribution in [0, 0.1) is 29.1 Å². The molecule has 220 valence electrons. The number of ether oxygens (including phenoxy) is 1. The number of aliphatic hydroxyl groups excluding tert-OH is 1.